The van der Waals surface area contributed by atoms with Crippen LogP contribution in [0.15, 0.2) is 134 Å². The van der Waals surface area contributed by atoms with Gasteiger partial charge in [0.05, 0.1) is 32.8 Å². The lowest BCUT2D eigenvalue weighted by Crippen LogP contribution is -2.30. The highest BCUT2D eigenvalue weighted by Gasteiger charge is 2.30. The van der Waals surface area contributed by atoms with Crippen LogP contribution in [0.25, 0.3) is 0 Å². The van der Waals surface area contributed by atoms with Gasteiger partial charge < -0.3 is 33.8 Å². The summed E-state index contributed by atoms with van der Waals surface area (Å²) in [5.74, 6) is -2.39. The van der Waals surface area contributed by atoms with Gasteiger partial charge in [0.25, 0.3) is 0 Å². The van der Waals surface area contributed by atoms with E-state index in [4.69, 9.17) is 37.0 Å². The maximum Gasteiger partial charge on any atom is 0.472 e. The summed E-state index contributed by atoms with van der Waals surface area (Å²) in [5.41, 5.74) is 0. The molecule has 0 amide bonds. The zero-order valence-corrected chi connectivity index (χ0v) is 62.7. The lowest BCUT2D eigenvalue weighted by molar-refractivity contribution is -0.161. The third-order valence-corrected chi connectivity index (χ3v) is 17.0. The van der Waals surface area contributed by atoms with Gasteiger partial charge >= 0.3 is 39.5 Å². The molecule has 0 bridgehead atoms. The van der Waals surface area contributed by atoms with Crippen molar-refractivity contribution in [2.45, 2.75) is 303 Å². The molecule has 0 rings (SSSR count). The summed E-state index contributed by atoms with van der Waals surface area (Å²) in [6.45, 7) is 4.43. The molecule has 0 aliphatic carbocycles. The van der Waals surface area contributed by atoms with Crippen molar-refractivity contribution in [3.05, 3.63) is 134 Å². The Balaban J connectivity index is 5.46. The number of phosphoric acid groups is 2. The number of phosphoric ester groups is 2. The van der Waals surface area contributed by atoms with E-state index in [1.807, 2.05) is 18.2 Å². The first-order valence-electron chi connectivity index (χ1n) is 37.4. The summed E-state index contributed by atoms with van der Waals surface area (Å²) in [6, 6.07) is 0. The van der Waals surface area contributed by atoms with Gasteiger partial charge in [-0.25, -0.2) is 9.13 Å². The fourth-order valence-corrected chi connectivity index (χ4v) is 11.0. The lowest BCUT2D eigenvalue weighted by atomic mass is 10.1. The number of hydrogen-bond acceptors (Lipinski definition) is 15. The largest absolute Gasteiger partial charge is 0.472 e. The van der Waals surface area contributed by atoms with E-state index in [1.54, 1.807) is 6.08 Å². The third-order valence-electron chi connectivity index (χ3n) is 15.1. The molecule has 5 unspecified atom stereocenters. The fraction of sp³-hybridized carbons (Fsp3) is 0.671. The molecule has 0 heterocycles. The van der Waals surface area contributed by atoms with Crippen molar-refractivity contribution in [1.82, 2.24) is 0 Å². The van der Waals surface area contributed by atoms with E-state index in [-0.39, 0.29) is 25.7 Å². The van der Waals surface area contributed by atoms with Crippen molar-refractivity contribution in [2.24, 2.45) is 0 Å². The van der Waals surface area contributed by atoms with Crippen molar-refractivity contribution in [1.29, 1.82) is 0 Å². The summed E-state index contributed by atoms with van der Waals surface area (Å²) in [7, 11) is -9.99. The second-order valence-electron chi connectivity index (χ2n) is 24.5. The van der Waals surface area contributed by atoms with Gasteiger partial charge in [0.2, 0.25) is 0 Å². The van der Waals surface area contributed by atoms with Crippen LogP contribution in [-0.4, -0.2) is 96.7 Å². The summed E-state index contributed by atoms with van der Waals surface area (Å²) >= 11 is 0. The Morgan fingerprint density at radius 1 is 0.306 bits per heavy atom. The van der Waals surface area contributed by atoms with Gasteiger partial charge in [0, 0.05) is 19.3 Å². The average Bonchev–Trinajstić information content (AvgIpc) is 0.959. The number of carbonyl (C=O) groups excluding carboxylic acids is 4. The van der Waals surface area contributed by atoms with Crippen LogP contribution in [0.3, 0.4) is 0 Å². The molecule has 19 heteroatoms. The predicted molar refractivity (Wildman–Crippen MR) is 399 cm³/mol. The van der Waals surface area contributed by atoms with Gasteiger partial charge in [0.1, 0.15) is 19.3 Å². The maximum atomic E-state index is 13.1. The molecule has 0 aromatic heterocycles. The van der Waals surface area contributed by atoms with E-state index >= 15 is 0 Å². The molecule has 3 N–H and O–H groups in total. The minimum absolute atomic E-state index is 0.0616. The Kier molecular flexibility index (Phi) is 67.2. The second kappa shape index (κ2) is 70.6. The van der Waals surface area contributed by atoms with E-state index < -0.39 is 97.5 Å². The minimum Gasteiger partial charge on any atom is -0.462 e. The molecule has 0 saturated heterocycles. The highest BCUT2D eigenvalue weighted by molar-refractivity contribution is 7.47. The number of esters is 4. The smallest absolute Gasteiger partial charge is 0.462 e. The summed E-state index contributed by atoms with van der Waals surface area (Å²) in [4.78, 5) is 72.7. The first-order chi connectivity index (χ1) is 47.7. The Bertz CT molecular complexity index is 2380. The van der Waals surface area contributed by atoms with Crippen molar-refractivity contribution in [3.8, 4) is 0 Å². The number of carbonyl (C=O) groups is 4. The predicted octanol–water partition coefficient (Wildman–Crippen LogP) is 21.3. The zero-order valence-electron chi connectivity index (χ0n) is 60.9. The van der Waals surface area contributed by atoms with Crippen molar-refractivity contribution in [3.63, 3.8) is 0 Å². The Morgan fingerprint density at radius 3 is 0.949 bits per heavy atom. The molecular formula is C79H132O17P2. The first kappa shape index (κ1) is 93.2. The van der Waals surface area contributed by atoms with Gasteiger partial charge in [-0.05, 0) is 141 Å². The van der Waals surface area contributed by atoms with Gasteiger partial charge in [-0.3, -0.25) is 37.3 Å². The lowest BCUT2D eigenvalue weighted by Gasteiger charge is -2.21. The van der Waals surface area contributed by atoms with Crippen molar-refractivity contribution in [2.75, 3.05) is 39.6 Å². The van der Waals surface area contributed by atoms with Gasteiger partial charge in [-0.1, -0.05) is 251 Å². The molecule has 0 saturated carbocycles. The number of hydrogen-bond donors (Lipinski definition) is 3. The van der Waals surface area contributed by atoms with E-state index in [0.29, 0.717) is 25.7 Å². The number of aliphatic hydroxyl groups excluding tert-OH is 1. The quantitative estimate of drug-likeness (QED) is 0.0169. The standard InChI is InChI=1S/C79H132O17P2/c1-5-9-13-17-21-25-29-33-36-40-43-47-51-55-59-63-76(81)89-69-74(95-78(83)65-61-57-53-49-45-39-32-28-24-20-16-12-8-4)71-93-97(85,86)91-67-73(80)68-92-98(87,88)94-72-75(96-79(84)66-62-58-54-50-46-42-38-35-31-27-23-19-15-11-7-3)70-90-77(82)64-60-56-52-48-44-41-37-34-30-26-22-18-14-10-6-2/h9-10,13-14,21-22,25-26,28,32-38,43-44,47-48,55,59,73-75,80H,5-8,11-12,15-20,23-24,27,29-31,39-42,45-46,49-54,56-58,60-72H2,1-4H3,(H,85,86)(H,87,88)/b13-9-,14-10-,25-21-,26-22-,32-28-,36-33-,37-34-,38-35-,47-43-,48-44-,59-55-. The van der Waals surface area contributed by atoms with Crippen LogP contribution in [0.5, 0.6) is 0 Å². The monoisotopic (exact) mass is 1410 g/mol. The van der Waals surface area contributed by atoms with Gasteiger partial charge in [-0.2, -0.15) is 0 Å². The van der Waals surface area contributed by atoms with E-state index in [2.05, 4.69) is 137 Å². The molecule has 98 heavy (non-hydrogen) atoms. The fourth-order valence-electron chi connectivity index (χ4n) is 9.45. The molecule has 0 aliphatic heterocycles. The normalized spacial score (nSPS) is 14.7. The van der Waals surface area contributed by atoms with Gasteiger partial charge in [-0.15, -0.1) is 0 Å². The molecule has 0 fully saturated rings. The molecular weight excluding hydrogens is 1280 g/mol. The van der Waals surface area contributed by atoms with Crippen LogP contribution < -0.4 is 0 Å². The zero-order chi connectivity index (χ0) is 71.8. The first-order valence-corrected chi connectivity index (χ1v) is 40.4. The number of allylic oxidation sites excluding steroid dienone is 21. The molecule has 0 radical (unpaired) electrons. The molecule has 0 aliphatic rings. The minimum atomic E-state index is -5.00. The third kappa shape index (κ3) is 69.7. The molecule has 5 atom stereocenters. The van der Waals surface area contributed by atoms with Crippen LogP contribution in [-0.2, 0) is 65.4 Å². The van der Waals surface area contributed by atoms with E-state index in [9.17, 15) is 43.2 Å². The number of aliphatic hydroxyl groups is 1. The van der Waals surface area contributed by atoms with Crippen LogP contribution in [0, 0.1) is 0 Å². The molecule has 0 aromatic rings. The van der Waals surface area contributed by atoms with Crippen LogP contribution in [0.1, 0.15) is 285 Å². The SMILES string of the molecule is CC/C=C\C/C=C\C/C=C\C/C=C\C/C=C\CC(=O)OCC(COP(=O)(O)OCC(O)COP(=O)(O)OCC(COC(=O)CCCC/C=C\C/C=C\C/C=C\C/C=C\CC)OC(=O)CCCCCCC/C=C\CCCCCCCC)OC(=O)CCCCCCC/C=C\CCCCCC. The Hall–Kier alpha value is -4.80. The number of rotatable bonds is 69. The van der Waals surface area contributed by atoms with Crippen LogP contribution in [0.2, 0.25) is 0 Å². The summed E-state index contributed by atoms with van der Waals surface area (Å²) in [5, 5.41) is 10.6. The Labute approximate surface area is 593 Å². The van der Waals surface area contributed by atoms with Crippen LogP contribution >= 0.6 is 15.6 Å². The highest BCUT2D eigenvalue weighted by Crippen LogP contribution is 2.45. The molecule has 0 aromatic carbocycles. The van der Waals surface area contributed by atoms with Crippen molar-refractivity contribution < 1.29 is 80.2 Å². The second-order valence-corrected chi connectivity index (χ2v) is 27.4. The van der Waals surface area contributed by atoms with Crippen LogP contribution in [0.4, 0.5) is 0 Å². The topological polar surface area (TPSA) is 237 Å². The molecule has 560 valence electrons. The number of ether oxygens (including phenoxy) is 4. The Morgan fingerprint density at radius 2 is 0.571 bits per heavy atom. The summed E-state index contributed by atoms with van der Waals surface area (Å²) in [6.07, 6.45) is 77.7. The molecule has 17 nitrogen and oxygen atoms in total. The average molecular weight is 1420 g/mol. The maximum absolute atomic E-state index is 13.1. The van der Waals surface area contributed by atoms with E-state index in [1.165, 1.54) is 64.2 Å². The number of unbranched alkanes of at least 4 members (excludes halogenated alkanes) is 22. The van der Waals surface area contributed by atoms with Gasteiger partial charge in [0.15, 0.2) is 12.2 Å². The van der Waals surface area contributed by atoms with E-state index in [0.717, 1.165) is 141 Å². The summed E-state index contributed by atoms with van der Waals surface area (Å²) < 4.78 is 68.2. The molecule has 0 spiro atoms. The highest BCUT2D eigenvalue weighted by atomic mass is 31.2. The van der Waals surface area contributed by atoms with Crippen molar-refractivity contribution >= 4 is 39.5 Å².